The number of hydrogen-bond donors (Lipinski definition) is 0. The van der Waals surface area contributed by atoms with E-state index in [1.165, 1.54) is 0 Å². The molecule has 0 aliphatic rings. The maximum atomic E-state index is 10.7. The first-order chi connectivity index (χ1) is 3.50. The highest BCUT2D eigenvalue weighted by atomic mass is 127. The van der Waals surface area contributed by atoms with Crippen molar-refractivity contribution in [2.75, 3.05) is 5.75 Å². The first-order valence-corrected chi connectivity index (χ1v) is 6.21. The van der Waals surface area contributed by atoms with Crippen LogP contribution in [0.4, 0.5) is 0 Å². The lowest BCUT2D eigenvalue weighted by atomic mass is 11.0. The van der Waals surface area contributed by atoms with Crippen molar-refractivity contribution in [3.63, 3.8) is 0 Å². The van der Waals surface area contributed by atoms with Crippen LogP contribution in [0.2, 0.25) is 0 Å². The molecule has 2 nitrogen and oxygen atoms in total. The Morgan fingerprint density at radius 2 is 1.88 bits per heavy atom. The van der Waals surface area contributed by atoms with E-state index in [0.29, 0.717) is 0 Å². The van der Waals surface area contributed by atoms with Gasteiger partial charge in [0, 0.05) is 5.75 Å². The van der Waals surface area contributed by atoms with E-state index in [1.807, 2.05) is 45.2 Å². The second kappa shape index (κ2) is 3.55. The van der Waals surface area contributed by atoms with E-state index in [9.17, 15) is 8.42 Å². The summed E-state index contributed by atoms with van der Waals surface area (Å²) in [6, 6.07) is 0. The molecule has 0 aromatic carbocycles. The molecule has 0 N–H and O–H groups in total. The Morgan fingerprint density at radius 1 is 1.50 bits per heavy atom. The predicted octanol–water partition coefficient (Wildman–Crippen LogP) is 1.57. The highest BCUT2D eigenvalue weighted by molar-refractivity contribution is 14.2. The molecule has 0 heterocycles. The van der Waals surface area contributed by atoms with Crippen LogP contribution in [0, 0.1) is 0 Å². The molecular weight excluding hydrogens is 354 g/mol. The standard InChI is InChI=1S/C3H6I2O2S/c1-2-8(6,7)3(4)5/h3H,2H2,1H3. The summed E-state index contributed by atoms with van der Waals surface area (Å²) in [4.78, 5) is 0. The van der Waals surface area contributed by atoms with Crippen LogP contribution in [0.3, 0.4) is 0 Å². The minimum atomic E-state index is -2.76. The van der Waals surface area contributed by atoms with Crippen molar-refractivity contribution in [2.24, 2.45) is 0 Å². The van der Waals surface area contributed by atoms with Crippen molar-refractivity contribution in [1.29, 1.82) is 0 Å². The maximum absolute atomic E-state index is 10.7. The summed E-state index contributed by atoms with van der Waals surface area (Å²) < 4.78 is 21.1. The number of sulfone groups is 1. The summed E-state index contributed by atoms with van der Waals surface area (Å²) in [5.74, 6) is 0.240. The summed E-state index contributed by atoms with van der Waals surface area (Å²) >= 11 is 3.77. The lowest BCUT2D eigenvalue weighted by Gasteiger charge is -1.97. The molecule has 0 aromatic rings. The maximum Gasteiger partial charge on any atom is 0.171 e. The molecule has 0 saturated carbocycles. The van der Waals surface area contributed by atoms with Crippen molar-refractivity contribution < 1.29 is 8.42 Å². The molecule has 5 heteroatoms. The molecule has 0 aliphatic heterocycles. The summed E-state index contributed by atoms with van der Waals surface area (Å²) in [5, 5.41) is 0. The van der Waals surface area contributed by atoms with Gasteiger partial charge in [-0.1, -0.05) is 52.1 Å². The zero-order valence-corrected chi connectivity index (χ0v) is 9.40. The Hall–Kier alpha value is 1.41. The van der Waals surface area contributed by atoms with Crippen LogP contribution < -0.4 is 0 Å². The van der Waals surface area contributed by atoms with Crippen LogP contribution in [0.25, 0.3) is 0 Å². The largest absolute Gasteiger partial charge is 0.227 e. The normalized spacial score (nSPS) is 12.5. The monoisotopic (exact) mass is 360 g/mol. The lowest BCUT2D eigenvalue weighted by Crippen LogP contribution is -2.09. The van der Waals surface area contributed by atoms with Crippen LogP contribution in [-0.2, 0) is 9.84 Å². The Morgan fingerprint density at radius 3 is 1.88 bits per heavy atom. The molecule has 0 amide bonds. The zero-order chi connectivity index (χ0) is 6.78. The fourth-order valence-corrected chi connectivity index (χ4v) is 2.54. The van der Waals surface area contributed by atoms with Crippen molar-refractivity contribution in [2.45, 2.75) is 8.19 Å². The van der Waals surface area contributed by atoms with Gasteiger partial charge in [0.15, 0.2) is 11.1 Å². The minimum Gasteiger partial charge on any atom is -0.227 e. The molecule has 0 unspecified atom stereocenters. The average Bonchev–Trinajstić information content (AvgIpc) is 1.67. The van der Waals surface area contributed by atoms with Gasteiger partial charge in [0.2, 0.25) is 0 Å². The average molecular weight is 360 g/mol. The van der Waals surface area contributed by atoms with E-state index in [2.05, 4.69) is 0 Å². The van der Waals surface area contributed by atoms with E-state index >= 15 is 0 Å². The van der Waals surface area contributed by atoms with Gasteiger partial charge in [0.25, 0.3) is 0 Å². The molecule has 0 spiro atoms. The number of alkyl halides is 2. The van der Waals surface area contributed by atoms with E-state index in [-0.39, 0.29) is 7.02 Å². The first kappa shape index (κ1) is 9.41. The molecule has 0 radical (unpaired) electrons. The molecular formula is C3H6I2O2S. The summed E-state index contributed by atoms with van der Waals surface area (Å²) in [7, 11) is -2.76. The summed E-state index contributed by atoms with van der Waals surface area (Å²) in [6.07, 6.45) is 0. The SMILES string of the molecule is CCS(=O)(=O)C(I)I. The number of halogens is 2. The molecule has 0 bridgehead atoms. The van der Waals surface area contributed by atoms with Gasteiger partial charge < -0.3 is 0 Å². The van der Waals surface area contributed by atoms with Gasteiger partial charge in [0.05, 0.1) is 0 Å². The first-order valence-electron chi connectivity index (χ1n) is 2.00. The number of hydrogen-bond acceptors (Lipinski definition) is 2. The zero-order valence-electron chi connectivity index (χ0n) is 4.27. The fraction of sp³-hybridized carbons (Fsp3) is 1.00. The van der Waals surface area contributed by atoms with Crippen LogP contribution in [0.15, 0.2) is 0 Å². The fourth-order valence-electron chi connectivity index (χ4n) is 0.126. The van der Waals surface area contributed by atoms with Gasteiger partial charge in [0.1, 0.15) is 0 Å². The topological polar surface area (TPSA) is 34.1 Å². The molecule has 0 rings (SSSR count). The van der Waals surface area contributed by atoms with Crippen molar-refractivity contribution >= 4 is 55.0 Å². The second-order valence-corrected chi connectivity index (χ2v) is 10.2. The van der Waals surface area contributed by atoms with E-state index in [0.717, 1.165) is 0 Å². The number of rotatable bonds is 2. The van der Waals surface area contributed by atoms with Crippen LogP contribution in [-0.4, -0.2) is 15.4 Å². The highest BCUT2D eigenvalue weighted by Crippen LogP contribution is 2.17. The van der Waals surface area contributed by atoms with E-state index in [1.54, 1.807) is 6.92 Å². The van der Waals surface area contributed by atoms with Crippen molar-refractivity contribution in [3.8, 4) is 0 Å². The molecule has 8 heavy (non-hydrogen) atoms. The quantitative estimate of drug-likeness (QED) is 0.554. The molecule has 0 aliphatic carbocycles. The second-order valence-electron chi connectivity index (χ2n) is 1.21. The Kier molecular flexibility index (Phi) is 4.17. The van der Waals surface area contributed by atoms with Gasteiger partial charge in [-0.25, -0.2) is 8.42 Å². The summed E-state index contributed by atoms with van der Waals surface area (Å²) in [5.41, 5.74) is 0. The van der Waals surface area contributed by atoms with Crippen LogP contribution in [0.1, 0.15) is 6.92 Å². The van der Waals surface area contributed by atoms with Crippen LogP contribution >= 0.6 is 45.2 Å². The highest BCUT2D eigenvalue weighted by Gasteiger charge is 2.14. The van der Waals surface area contributed by atoms with Gasteiger partial charge in [-0.05, 0) is 0 Å². The third-order valence-corrected chi connectivity index (χ3v) is 6.67. The lowest BCUT2D eigenvalue weighted by molar-refractivity contribution is 0.602. The molecule has 50 valence electrons. The summed E-state index contributed by atoms with van der Waals surface area (Å²) in [6.45, 7) is 1.65. The molecule has 0 saturated heterocycles. The predicted molar refractivity (Wildman–Crippen MR) is 51.3 cm³/mol. The van der Waals surface area contributed by atoms with Crippen molar-refractivity contribution in [1.82, 2.24) is 0 Å². The molecule has 0 fully saturated rings. The Bertz CT molecular complexity index is 149. The Labute approximate surface area is 76.6 Å². The minimum absolute atomic E-state index is 0.240. The third kappa shape index (κ3) is 2.81. The smallest absolute Gasteiger partial charge is 0.171 e. The van der Waals surface area contributed by atoms with Gasteiger partial charge in [-0.15, -0.1) is 0 Å². The Balaban J connectivity index is 4.17. The van der Waals surface area contributed by atoms with Crippen LogP contribution in [0.5, 0.6) is 0 Å². The van der Waals surface area contributed by atoms with Gasteiger partial charge >= 0.3 is 0 Å². The van der Waals surface area contributed by atoms with E-state index < -0.39 is 9.84 Å². The molecule has 0 aromatic heterocycles. The molecule has 0 atom stereocenters. The third-order valence-electron chi connectivity index (χ3n) is 0.674. The van der Waals surface area contributed by atoms with Crippen molar-refractivity contribution in [3.05, 3.63) is 0 Å². The van der Waals surface area contributed by atoms with Gasteiger partial charge in [-0.3, -0.25) is 0 Å². The van der Waals surface area contributed by atoms with Gasteiger partial charge in [-0.2, -0.15) is 0 Å². The van der Waals surface area contributed by atoms with E-state index in [4.69, 9.17) is 0 Å².